The van der Waals surface area contributed by atoms with Crippen LogP contribution in [0.2, 0.25) is 5.02 Å². The Labute approximate surface area is 144 Å². The number of hydrogen-bond donors (Lipinski definition) is 1. The van der Waals surface area contributed by atoms with Gasteiger partial charge in [0.15, 0.2) is 5.75 Å². The molecular weight excluding hydrogens is 403 g/mol. The summed E-state index contributed by atoms with van der Waals surface area (Å²) < 4.78 is 32.7. The molecule has 1 heterocycles. The van der Waals surface area contributed by atoms with Crippen molar-refractivity contribution < 1.29 is 13.2 Å². The Kier molecular flexibility index (Phi) is 7.23. The first-order valence-electron chi connectivity index (χ1n) is 6.20. The lowest BCUT2D eigenvalue weighted by Gasteiger charge is -2.21. The first-order chi connectivity index (χ1) is 9.46. The number of benzene rings is 1. The highest BCUT2D eigenvalue weighted by Gasteiger charge is 2.29. The van der Waals surface area contributed by atoms with E-state index in [1.54, 1.807) is 6.07 Å². The topological polar surface area (TPSA) is 58.6 Å². The summed E-state index contributed by atoms with van der Waals surface area (Å²) in [6, 6.07) is 3.04. The van der Waals surface area contributed by atoms with Crippen LogP contribution in [0.4, 0.5) is 0 Å². The molecule has 1 aliphatic rings. The van der Waals surface area contributed by atoms with Crippen LogP contribution >= 0.6 is 39.9 Å². The predicted octanol–water partition coefficient (Wildman–Crippen LogP) is 2.52. The third kappa shape index (κ3) is 4.24. The van der Waals surface area contributed by atoms with E-state index in [0.29, 0.717) is 29.1 Å². The van der Waals surface area contributed by atoms with Gasteiger partial charge in [0.2, 0.25) is 10.0 Å². The van der Waals surface area contributed by atoms with Crippen LogP contribution in [-0.2, 0) is 10.0 Å². The average Bonchev–Trinajstić information content (AvgIpc) is 2.67. The van der Waals surface area contributed by atoms with Gasteiger partial charge in [-0.05, 0) is 41.0 Å². The van der Waals surface area contributed by atoms with E-state index in [9.17, 15) is 8.42 Å². The highest BCUT2D eigenvalue weighted by Crippen LogP contribution is 2.36. The van der Waals surface area contributed by atoms with E-state index in [-0.39, 0.29) is 23.1 Å². The third-order valence-corrected chi connectivity index (χ3v) is 5.81. The van der Waals surface area contributed by atoms with E-state index in [0.717, 1.165) is 13.0 Å². The van der Waals surface area contributed by atoms with Crippen LogP contribution in [0, 0.1) is 0 Å². The smallest absolute Gasteiger partial charge is 0.246 e. The molecule has 21 heavy (non-hydrogen) atoms. The standard InChI is InChI=1S/C12H16BrClN2O3S.ClH/c1-19-12-10(13)7-9(14)8-11(12)20(17,18)16-5-2-3-15-4-6-16;/h7-8,15H,2-6H2,1H3;1H. The molecule has 0 spiro atoms. The SMILES string of the molecule is COc1c(Br)cc(Cl)cc1S(=O)(=O)N1CCCNCC1.Cl. The van der Waals surface area contributed by atoms with Crippen LogP contribution in [0.25, 0.3) is 0 Å². The Bertz CT molecular complexity index is 590. The van der Waals surface area contributed by atoms with Crippen LogP contribution in [0.3, 0.4) is 0 Å². The maximum Gasteiger partial charge on any atom is 0.246 e. The minimum Gasteiger partial charge on any atom is -0.494 e. The van der Waals surface area contributed by atoms with E-state index in [2.05, 4.69) is 21.2 Å². The summed E-state index contributed by atoms with van der Waals surface area (Å²) in [5, 5.41) is 3.53. The number of nitrogens with zero attached hydrogens (tertiary/aromatic N) is 1. The summed E-state index contributed by atoms with van der Waals surface area (Å²) in [5.41, 5.74) is 0. The number of hydrogen-bond acceptors (Lipinski definition) is 4. The second-order valence-corrected chi connectivity index (χ2v) is 7.62. The maximum atomic E-state index is 12.8. The Balaban J connectivity index is 0.00000220. The molecule has 0 radical (unpaired) electrons. The van der Waals surface area contributed by atoms with Crippen LogP contribution < -0.4 is 10.1 Å². The van der Waals surface area contributed by atoms with Crippen molar-refractivity contribution in [3.05, 3.63) is 21.6 Å². The molecule has 0 unspecified atom stereocenters. The number of rotatable bonds is 3. The second-order valence-electron chi connectivity index (χ2n) is 4.43. The minimum absolute atomic E-state index is 0. The van der Waals surface area contributed by atoms with Gasteiger partial charge in [-0.25, -0.2) is 8.42 Å². The summed E-state index contributed by atoms with van der Waals surface area (Å²) in [6.07, 6.45) is 0.781. The van der Waals surface area contributed by atoms with E-state index in [1.807, 2.05) is 0 Å². The van der Waals surface area contributed by atoms with Crippen molar-refractivity contribution >= 4 is 50.0 Å². The van der Waals surface area contributed by atoms with E-state index < -0.39 is 10.0 Å². The molecule has 0 atom stereocenters. The molecule has 1 N–H and O–H groups in total. The molecule has 1 aromatic rings. The quantitative estimate of drug-likeness (QED) is 0.817. The fourth-order valence-electron chi connectivity index (χ4n) is 2.13. The Hall–Kier alpha value is -0.0500. The first kappa shape index (κ1) is 19.0. The van der Waals surface area contributed by atoms with Gasteiger partial charge in [-0.1, -0.05) is 11.6 Å². The predicted molar refractivity (Wildman–Crippen MR) is 89.2 cm³/mol. The fraction of sp³-hybridized carbons (Fsp3) is 0.500. The number of ether oxygens (including phenoxy) is 1. The normalized spacial score (nSPS) is 16.9. The van der Waals surface area contributed by atoms with Crippen molar-refractivity contribution in [3.8, 4) is 5.75 Å². The summed E-state index contributed by atoms with van der Waals surface area (Å²) in [7, 11) is -2.18. The van der Waals surface area contributed by atoms with Gasteiger partial charge in [0, 0.05) is 24.7 Å². The average molecular weight is 420 g/mol. The molecule has 0 aliphatic carbocycles. The monoisotopic (exact) mass is 418 g/mol. The van der Waals surface area contributed by atoms with E-state index >= 15 is 0 Å². The highest BCUT2D eigenvalue weighted by molar-refractivity contribution is 9.10. The van der Waals surface area contributed by atoms with Crippen molar-refractivity contribution in [1.29, 1.82) is 0 Å². The molecule has 1 aromatic carbocycles. The first-order valence-corrected chi connectivity index (χ1v) is 8.82. The van der Waals surface area contributed by atoms with Crippen LogP contribution in [-0.4, -0.2) is 46.0 Å². The van der Waals surface area contributed by atoms with E-state index in [1.165, 1.54) is 17.5 Å². The maximum absolute atomic E-state index is 12.8. The molecular formula is C12H17BrCl2N2O3S. The molecule has 1 fully saturated rings. The summed E-state index contributed by atoms with van der Waals surface area (Å²) >= 11 is 9.26. The van der Waals surface area contributed by atoms with E-state index in [4.69, 9.17) is 16.3 Å². The lowest BCUT2D eigenvalue weighted by molar-refractivity contribution is 0.391. The van der Waals surface area contributed by atoms with Gasteiger partial charge in [-0.15, -0.1) is 12.4 Å². The molecule has 9 heteroatoms. The zero-order valence-electron chi connectivity index (χ0n) is 11.4. The molecule has 0 bridgehead atoms. The van der Waals surface area contributed by atoms with Gasteiger partial charge in [0.05, 0.1) is 11.6 Å². The van der Waals surface area contributed by atoms with Gasteiger partial charge in [0.1, 0.15) is 4.90 Å². The van der Waals surface area contributed by atoms with Crippen molar-refractivity contribution in [3.63, 3.8) is 0 Å². The van der Waals surface area contributed by atoms with Gasteiger partial charge < -0.3 is 10.1 Å². The number of sulfonamides is 1. The molecule has 0 saturated carbocycles. The summed E-state index contributed by atoms with van der Waals surface area (Å²) in [6.45, 7) is 2.39. The van der Waals surface area contributed by atoms with Gasteiger partial charge in [-0.2, -0.15) is 4.31 Å². The van der Waals surface area contributed by atoms with Gasteiger partial charge in [0.25, 0.3) is 0 Å². The Morgan fingerprint density at radius 1 is 1.33 bits per heavy atom. The molecule has 1 saturated heterocycles. The second kappa shape index (κ2) is 7.99. The molecule has 1 aliphatic heterocycles. The lowest BCUT2D eigenvalue weighted by atomic mass is 10.3. The molecule has 120 valence electrons. The van der Waals surface area contributed by atoms with Crippen molar-refractivity contribution in [2.24, 2.45) is 0 Å². The summed E-state index contributed by atoms with van der Waals surface area (Å²) in [4.78, 5) is 0.0984. The largest absolute Gasteiger partial charge is 0.494 e. The van der Waals surface area contributed by atoms with Crippen molar-refractivity contribution in [2.75, 3.05) is 33.3 Å². The molecule has 0 amide bonds. The lowest BCUT2D eigenvalue weighted by Crippen LogP contribution is -2.34. The molecule has 2 rings (SSSR count). The molecule has 5 nitrogen and oxygen atoms in total. The van der Waals surface area contributed by atoms with Crippen LogP contribution in [0.1, 0.15) is 6.42 Å². The fourth-order valence-corrected chi connectivity index (χ4v) is 4.98. The number of halogens is 3. The van der Waals surface area contributed by atoms with Gasteiger partial charge >= 0.3 is 0 Å². The van der Waals surface area contributed by atoms with Crippen LogP contribution in [0.15, 0.2) is 21.5 Å². The minimum atomic E-state index is -3.62. The summed E-state index contributed by atoms with van der Waals surface area (Å²) in [5.74, 6) is 0.284. The highest BCUT2D eigenvalue weighted by atomic mass is 79.9. The zero-order chi connectivity index (χ0) is 14.8. The van der Waals surface area contributed by atoms with Crippen molar-refractivity contribution in [1.82, 2.24) is 9.62 Å². The van der Waals surface area contributed by atoms with Crippen molar-refractivity contribution in [2.45, 2.75) is 11.3 Å². The zero-order valence-corrected chi connectivity index (χ0v) is 15.4. The molecule has 0 aromatic heterocycles. The third-order valence-electron chi connectivity index (χ3n) is 3.10. The van der Waals surface area contributed by atoms with Gasteiger partial charge in [-0.3, -0.25) is 0 Å². The van der Waals surface area contributed by atoms with Crippen LogP contribution in [0.5, 0.6) is 5.75 Å². The number of nitrogens with one attached hydrogen (secondary N) is 1. The Morgan fingerprint density at radius 2 is 2.05 bits per heavy atom. The Morgan fingerprint density at radius 3 is 2.71 bits per heavy atom. The number of methoxy groups -OCH3 is 1.